The highest BCUT2D eigenvalue weighted by molar-refractivity contribution is 5.75. The number of rotatable bonds is 3. The van der Waals surface area contributed by atoms with E-state index in [4.69, 9.17) is 0 Å². The highest BCUT2D eigenvalue weighted by Gasteiger charge is 2.32. The van der Waals surface area contributed by atoms with Crippen molar-refractivity contribution < 1.29 is 22.4 Å². The molecular weight excluding hydrogens is 224 g/mol. The second-order valence-corrected chi connectivity index (χ2v) is 3.11. The highest BCUT2D eigenvalue weighted by Crippen LogP contribution is 2.24. The van der Waals surface area contributed by atoms with Crippen LogP contribution in [0.5, 0.6) is 0 Å². The van der Waals surface area contributed by atoms with Crippen molar-refractivity contribution in [1.82, 2.24) is 0 Å². The average molecular weight is 232 g/mol. The van der Waals surface area contributed by atoms with E-state index in [9.17, 15) is 22.4 Å². The van der Waals surface area contributed by atoms with E-state index in [1.165, 1.54) is 18.2 Å². The third-order valence-electron chi connectivity index (χ3n) is 1.90. The molecule has 1 nitrogen and oxygen atoms in total. The monoisotopic (exact) mass is 232 g/mol. The Kier molecular flexibility index (Phi) is 3.82. The zero-order valence-corrected chi connectivity index (χ0v) is 8.09. The molecule has 5 heteroatoms. The fraction of sp³-hybridized carbons (Fsp3) is 0.182. The lowest BCUT2D eigenvalue weighted by molar-refractivity contribution is -0.119. The van der Waals surface area contributed by atoms with E-state index in [0.29, 0.717) is 5.56 Å². The summed E-state index contributed by atoms with van der Waals surface area (Å²) in [7, 11) is 0. The smallest absolute Gasteiger partial charge is 0.298 e. The fourth-order valence-electron chi connectivity index (χ4n) is 1.12. The Hall–Kier alpha value is -1.65. The summed E-state index contributed by atoms with van der Waals surface area (Å²) in [5.41, 5.74) is -0.875. The Bertz CT molecular complexity index is 407. The van der Waals surface area contributed by atoms with Crippen LogP contribution >= 0.6 is 0 Å². The van der Waals surface area contributed by atoms with Gasteiger partial charge in [0.25, 0.3) is 0 Å². The molecule has 0 aliphatic heterocycles. The topological polar surface area (TPSA) is 17.1 Å². The summed E-state index contributed by atoms with van der Waals surface area (Å²) in [5.74, 6) is -0.523. The van der Waals surface area contributed by atoms with Gasteiger partial charge in [-0.3, -0.25) is 4.79 Å². The van der Waals surface area contributed by atoms with Crippen LogP contribution in [0, 0.1) is 5.82 Å². The summed E-state index contributed by atoms with van der Waals surface area (Å²) < 4.78 is 49.1. The minimum absolute atomic E-state index is 0.134. The van der Waals surface area contributed by atoms with Crippen molar-refractivity contribution in [2.24, 2.45) is 0 Å². The van der Waals surface area contributed by atoms with Gasteiger partial charge in [-0.25, -0.2) is 4.39 Å². The Morgan fingerprint density at radius 2 is 2.00 bits per heavy atom. The predicted octanol–water partition coefficient (Wildman–Crippen LogP) is 3.06. The van der Waals surface area contributed by atoms with E-state index in [1.54, 1.807) is 0 Å². The van der Waals surface area contributed by atoms with Crippen molar-refractivity contribution in [2.75, 3.05) is 0 Å². The standard InChI is InChI=1S/C11H8F4O/c12-10-3-1-2-8(6-10)4-5-9(7-16)11(13,14)15/h1-3,5-7H,4H2/b9-5-. The molecule has 0 aliphatic rings. The number of hydrogen-bond acceptors (Lipinski definition) is 1. The first-order chi connectivity index (χ1) is 7.43. The lowest BCUT2D eigenvalue weighted by Gasteiger charge is -2.05. The van der Waals surface area contributed by atoms with Gasteiger partial charge in [-0.05, 0) is 24.1 Å². The van der Waals surface area contributed by atoms with Crippen molar-refractivity contribution >= 4 is 6.29 Å². The van der Waals surface area contributed by atoms with E-state index in [1.807, 2.05) is 0 Å². The fourth-order valence-corrected chi connectivity index (χ4v) is 1.12. The maximum atomic E-state index is 12.7. The lowest BCUT2D eigenvalue weighted by Crippen LogP contribution is -2.13. The van der Waals surface area contributed by atoms with Gasteiger partial charge in [-0.1, -0.05) is 18.2 Å². The van der Waals surface area contributed by atoms with Crippen molar-refractivity contribution in [1.29, 1.82) is 0 Å². The molecule has 0 atom stereocenters. The van der Waals surface area contributed by atoms with Crippen LogP contribution in [0.1, 0.15) is 5.56 Å². The Morgan fingerprint density at radius 3 is 2.50 bits per heavy atom. The zero-order valence-electron chi connectivity index (χ0n) is 8.09. The molecule has 0 bridgehead atoms. The van der Waals surface area contributed by atoms with Crippen LogP contribution in [0.2, 0.25) is 0 Å². The quantitative estimate of drug-likeness (QED) is 0.444. The second kappa shape index (κ2) is 4.92. The van der Waals surface area contributed by atoms with Crippen LogP contribution in [0.25, 0.3) is 0 Å². The first kappa shape index (κ1) is 12.4. The molecular formula is C11H8F4O. The molecule has 0 N–H and O–H groups in total. The molecule has 0 fully saturated rings. The number of aldehydes is 1. The Labute approximate surface area is 89.4 Å². The number of carbonyl (C=O) groups is 1. The molecule has 86 valence electrons. The molecule has 0 aliphatic carbocycles. The maximum absolute atomic E-state index is 12.7. The van der Waals surface area contributed by atoms with E-state index in [2.05, 4.69) is 0 Å². The third kappa shape index (κ3) is 3.49. The van der Waals surface area contributed by atoms with Crippen LogP contribution in [0.3, 0.4) is 0 Å². The van der Waals surface area contributed by atoms with Gasteiger partial charge in [0.1, 0.15) is 5.82 Å². The van der Waals surface area contributed by atoms with E-state index in [0.717, 1.165) is 12.1 Å². The maximum Gasteiger partial charge on any atom is 0.419 e. The summed E-state index contributed by atoms with van der Waals surface area (Å²) in [6.45, 7) is 0. The summed E-state index contributed by atoms with van der Waals surface area (Å²) in [4.78, 5) is 10.2. The average Bonchev–Trinajstić information content (AvgIpc) is 2.16. The molecule has 16 heavy (non-hydrogen) atoms. The number of hydrogen-bond donors (Lipinski definition) is 0. The van der Waals surface area contributed by atoms with Crippen molar-refractivity contribution in [2.45, 2.75) is 12.6 Å². The number of allylic oxidation sites excluding steroid dienone is 2. The molecule has 1 rings (SSSR count). The molecule has 0 amide bonds. The molecule has 0 spiro atoms. The summed E-state index contributed by atoms with van der Waals surface area (Å²) >= 11 is 0. The van der Waals surface area contributed by atoms with Gasteiger partial charge in [0.15, 0.2) is 6.29 Å². The van der Waals surface area contributed by atoms with Gasteiger partial charge >= 0.3 is 6.18 Å². The molecule has 0 aromatic heterocycles. The molecule has 0 unspecified atom stereocenters. The summed E-state index contributed by atoms with van der Waals surface area (Å²) in [6, 6.07) is 5.19. The van der Waals surface area contributed by atoms with Crippen LogP contribution in [0.15, 0.2) is 35.9 Å². The first-order valence-corrected chi connectivity index (χ1v) is 4.40. The van der Waals surface area contributed by atoms with Crippen molar-refractivity contribution in [3.63, 3.8) is 0 Å². The van der Waals surface area contributed by atoms with Gasteiger partial charge < -0.3 is 0 Å². The van der Waals surface area contributed by atoms with Crippen LogP contribution < -0.4 is 0 Å². The molecule has 1 aromatic rings. The van der Waals surface area contributed by atoms with Gasteiger partial charge in [-0.15, -0.1) is 0 Å². The first-order valence-electron chi connectivity index (χ1n) is 4.40. The van der Waals surface area contributed by atoms with E-state index in [-0.39, 0.29) is 12.7 Å². The minimum Gasteiger partial charge on any atom is -0.298 e. The molecule has 0 saturated carbocycles. The van der Waals surface area contributed by atoms with Gasteiger partial charge in [0.2, 0.25) is 0 Å². The minimum atomic E-state index is -4.66. The van der Waals surface area contributed by atoms with Crippen LogP contribution in [-0.2, 0) is 11.2 Å². The van der Waals surface area contributed by atoms with Gasteiger partial charge in [0, 0.05) is 0 Å². The number of halogens is 4. The van der Waals surface area contributed by atoms with Crippen molar-refractivity contribution in [3.05, 3.63) is 47.3 Å². The Balaban J connectivity index is 2.82. The van der Waals surface area contributed by atoms with Gasteiger partial charge in [-0.2, -0.15) is 13.2 Å². The third-order valence-corrected chi connectivity index (χ3v) is 1.90. The Morgan fingerprint density at radius 1 is 1.31 bits per heavy atom. The molecule has 1 aromatic carbocycles. The SMILES string of the molecule is O=C/C(=C/Cc1cccc(F)c1)C(F)(F)F. The predicted molar refractivity (Wildman–Crippen MR) is 50.3 cm³/mol. The van der Waals surface area contributed by atoms with Crippen molar-refractivity contribution in [3.8, 4) is 0 Å². The summed E-state index contributed by atoms with van der Waals surface area (Å²) in [5, 5.41) is 0. The van der Waals surface area contributed by atoms with Gasteiger partial charge in [0.05, 0.1) is 5.57 Å². The number of alkyl halides is 3. The molecule has 0 saturated heterocycles. The number of benzene rings is 1. The zero-order chi connectivity index (χ0) is 12.2. The second-order valence-electron chi connectivity index (χ2n) is 3.11. The normalized spacial score (nSPS) is 12.6. The summed E-state index contributed by atoms with van der Waals surface area (Å²) in [6.07, 6.45) is -4.30. The van der Waals surface area contributed by atoms with Crippen LogP contribution in [-0.4, -0.2) is 12.5 Å². The number of carbonyl (C=O) groups excluding carboxylic acids is 1. The van der Waals surface area contributed by atoms with E-state index < -0.39 is 17.6 Å². The molecule has 0 radical (unpaired) electrons. The lowest BCUT2D eigenvalue weighted by atomic mass is 10.1. The van der Waals surface area contributed by atoms with E-state index >= 15 is 0 Å². The highest BCUT2D eigenvalue weighted by atomic mass is 19.4. The molecule has 0 heterocycles. The van der Waals surface area contributed by atoms with Crippen LogP contribution in [0.4, 0.5) is 17.6 Å². The largest absolute Gasteiger partial charge is 0.419 e.